The van der Waals surface area contributed by atoms with Crippen molar-refractivity contribution >= 4 is 21.0 Å². The number of alkyl halides is 6. The maximum Gasteiger partial charge on any atom is 0.402 e. The highest BCUT2D eigenvalue weighted by atomic mass is 32.2. The van der Waals surface area contributed by atoms with Gasteiger partial charge in [-0.25, -0.2) is 8.42 Å². The zero-order valence-electron chi connectivity index (χ0n) is 20.8. The number of hydrogen-bond acceptors (Lipinski definition) is 4. The van der Waals surface area contributed by atoms with Gasteiger partial charge in [-0.05, 0) is 69.3 Å². The summed E-state index contributed by atoms with van der Waals surface area (Å²) in [4.78, 5) is 3.95. The van der Waals surface area contributed by atoms with Crippen LogP contribution < -0.4 is 4.74 Å². The molecule has 0 N–H and O–H groups in total. The molecule has 3 rings (SSSR count). The minimum absolute atomic E-state index is 0.102. The highest BCUT2D eigenvalue weighted by Gasteiger charge is 2.72. The summed E-state index contributed by atoms with van der Waals surface area (Å²) in [5, 5.41) is -6.35. The van der Waals surface area contributed by atoms with Crippen molar-refractivity contribution in [3.63, 3.8) is 0 Å². The smallest absolute Gasteiger partial charge is 0.402 e. The van der Waals surface area contributed by atoms with E-state index < -0.39 is 34.1 Å². The molecule has 0 aliphatic rings. The molecule has 0 amide bonds. The first kappa shape index (κ1) is 31.5. The summed E-state index contributed by atoms with van der Waals surface area (Å²) < 4.78 is 107. The van der Waals surface area contributed by atoms with Crippen LogP contribution >= 0.6 is 0 Å². The predicted molar refractivity (Wildman–Crippen MR) is 132 cm³/mol. The fraction of sp³-hybridized carbons (Fsp3) is 0.308. The normalized spacial score (nSPS) is 13.1. The Kier molecular flexibility index (Phi) is 9.61. The van der Waals surface area contributed by atoms with Gasteiger partial charge in [-0.15, -0.1) is 0 Å². The van der Waals surface area contributed by atoms with Crippen LogP contribution in [0.2, 0.25) is 0 Å². The monoisotopic (exact) mass is 580 g/mol. The molecule has 0 atom stereocenters. The maximum atomic E-state index is 12.1. The summed E-state index contributed by atoms with van der Waals surface area (Å²) in [6.07, 6.45) is 0. The number of ether oxygens (including phenoxy) is 1. The van der Waals surface area contributed by atoms with Gasteiger partial charge in [0.2, 0.25) is 0 Å². The molecule has 0 aliphatic heterocycles. The lowest BCUT2D eigenvalue weighted by Crippen LogP contribution is -2.56. The van der Waals surface area contributed by atoms with E-state index >= 15 is 0 Å². The van der Waals surface area contributed by atoms with Crippen LogP contribution in [0, 0.1) is 0 Å². The van der Waals surface area contributed by atoms with Gasteiger partial charge < -0.3 is 9.29 Å². The molecule has 0 fully saturated rings. The Labute approximate surface area is 220 Å². The number of halogens is 6. The van der Waals surface area contributed by atoms with Crippen LogP contribution in [0.1, 0.15) is 27.7 Å². The van der Waals surface area contributed by atoms with E-state index in [9.17, 15) is 39.3 Å². The zero-order valence-corrected chi connectivity index (χ0v) is 22.4. The minimum Gasteiger partial charge on any atom is -0.743 e. The van der Waals surface area contributed by atoms with Crippen molar-refractivity contribution in [2.24, 2.45) is 0 Å². The molecule has 208 valence electrons. The second-order valence-corrected chi connectivity index (χ2v) is 12.5. The van der Waals surface area contributed by atoms with Gasteiger partial charge in [0.1, 0.15) is 11.4 Å². The van der Waals surface area contributed by atoms with Gasteiger partial charge in [-0.1, -0.05) is 36.4 Å². The number of hydrogen-bond donors (Lipinski definition) is 0. The summed E-state index contributed by atoms with van der Waals surface area (Å²) in [6.45, 7) is 5.59. The van der Waals surface area contributed by atoms with Crippen LogP contribution in [0.4, 0.5) is 26.3 Å². The van der Waals surface area contributed by atoms with E-state index in [0.29, 0.717) is 0 Å². The summed E-state index contributed by atoms with van der Waals surface area (Å²) in [5.41, 5.74) is -0.179. The molecule has 0 radical (unpaired) electrons. The van der Waals surface area contributed by atoms with Crippen molar-refractivity contribution in [1.82, 2.24) is 0 Å². The first-order chi connectivity index (χ1) is 17.3. The molecule has 0 saturated carbocycles. The van der Waals surface area contributed by atoms with E-state index in [0.717, 1.165) is 5.75 Å². The van der Waals surface area contributed by atoms with E-state index in [4.69, 9.17) is 4.74 Å². The molecule has 38 heavy (non-hydrogen) atoms. The highest BCUT2D eigenvalue weighted by molar-refractivity contribution is 7.97. The minimum atomic E-state index is -6.86. The van der Waals surface area contributed by atoms with Crippen LogP contribution in [0.25, 0.3) is 0 Å². The summed E-state index contributed by atoms with van der Waals surface area (Å²) in [7, 11) is -6.96. The molecule has 0 saturated heterocycles. The van der Waals surface area contributed by atoms with Gasteiger partial charge in [-0.2, -0.15) is 26.3 Å². The van der Waals surface area contributed by atoms with Crippen molar-refractivity contribution in [3.05, 3.63) is 84.9 Å². The van der Waals surface area contributed by atoms with Crippen LogP contribution in [0.3, 0.4) is 0 Å². The Morgan fingerprint density at radius 1 is 0.658 bits per heavy atom. The third-order valence-corrected chi connectivity index (χ3v) is 7.79. The second kappa shape index (κ2) is 11.6. The number of rotatable bonds is 7. The Balaban J connectivity index is 0.000000312. The van der Waals surface area contributed by atoms with Gasteiger partial charge in [0.15, 0.2) is 24.8 Å². The third kappa shape index (κ3) is 7.67. The molecule has 3 aromatic rings. The topological polar surface area (TPSA) is 66.4 Å². The molecule has 0 aliphatic carbocycles. The quantitative estimate of drug-likeness (QED) is 0.166. The van der Waals surface area contributed by atoms with Crippen LogP contribution in [-0.4, -0.2) is 35.7 Å². The average molecular weight is 581 g/mol. The van der Waals surface area contributed by atoms with Gasteiger partial charge in [0.05, 0.1) is 10.9 Å². The lowest BCUT2D eigenvalue weighted by atomic mass is 10.2. The van der Waals surface area contributed by atoms with Gasteiger partial charge in [0, 0.05) is 6.92 Å². The van der Waals surface area contributed by atoms with Crippen molar-refractivity contribution in [3.8, 4) is 5.75 Å². The molecule has 0 unspecified atom stereocenters. The Morgan fingerprint density at radius 2 is 1.03 bits per heavy atom. The Morgan fingerprint density at radius 3 is 1.32 bits per heavy atom. The van der Waals surface area contributed by atoms with Crippen LogP contribution in [0.15, 0.2) is 99.6 Å². The van der Waals surface area contributed by atoms with Crippen LogP contribution in [0.5, 0.6) is 5.75 Å². The van der Waals surface area contributed by atoms with E-state index in [-0.39, 0.29) is 16.5 Å². The summed E-state index contributed by atoms with van der Waals surface area (Å²) in [5.74, 6) is -10.7. The molecule has 0 bridgehead atoms. The van der Waals surface area contributed by atoms with E-state index in [1.54, 1.807) is 0 Å². The average Bonchev–Trinajstić information content (AvgIpc) is 2.80. The van der Waals surface area contributed by atoms with Crippen molar-refractivity contribution < 1.29 is 44.0 Å². The van der Waals surface area contributed by atoms with Gasteiger partial charge in [-0.3, -0.25) is 0 Å². The predicted octanol–water partition coefficient (Wildman–Crippen LogP) is 7.37. The zero-order chi connectivity index (χ0) is 29.0. The van der Waals surface area contributed by atoms with Crippen LogP contribution in [-0.2, 0) is 21.0 Å². The molecule has 0 aromatic heterocycles. The van der Waals surface area contributed by atoms with E-state index in [1.165, 1.54) is 14.7 Å². The largest absolute Gasteiger partial charge is 0.743 e. The molecule has 0 spiro atoms. The number of benzene rings is 3. The highest BCUT2D eigenvalue weighted by Crippen LogP contribution is 2.47. The Hall–Kier alpha value is -2.70. The fourth-order valence-electron chi connectivity index (χ4n) is 2.93. The lowest BCUT2D eigenvalue weighted by Gasteiger charge is -2.31. The first-order valence-electron chi connectivity index (χ1n) is 11.0. The Bertz CT molecular complexity index is 1230. The maximum absolute atomic E-state index is 12.1. The molecule has 12 heteroatoms. The molecule has 0 heterocycles. The van der Waals surface area contributed by atoms with E-state index in [2.05, 4.69) is 106 Å². The fourth-order valence-corrected chi connectivity index (χ4v) is 5.51. The molecule has 3 aromatic carbocycles. The van der Waals surface area contributed by atoms with Gasteiger partial charge >= 0.3 is 17.1 Å². The van der Waals surface area contributed by atoms with E-state index in [1.807, 2.05) is 0 Å². The molecule has 4 nitrogen and oxygen atoms in total. The van der Waals surface area contributed by atoms with Crippen molar-refractivity contribution in [1.29, 1.82) is 0 Å². The summed E-state index contributed by atoms with van der Waals surface area (Å²) >= 11 is 0. The standard InChI is InChI=1S/C22H23OS.C4H4F6O3S/c1-22(2,3)23-18-14-16-21(17-15-18)24(19-10-6-4-7-11-19)20-12-8-5-9-13-20;1-2(5,6)3(7,8)4(9,10)14(11,12)13/h4-17H,1-3H3;1H3,(H,11,12,13)/q+1;/p-1. The third-order valence-electron chi connectivity index (χ3n) is 4.67. The van der Waals surface area contributed by atoms with Gasteiger partial charge in [0.25, 0.3) is 0 Å². The SMILES string of the molecule is CC(C)(C)Oc1ccc([S+](c2ccccc2)c2ccccc2)cc1.CC(F)(F)C(F)(F)C(F)(F)S(=O)(=O)[O-]. The first-order valence-corrected chi connectivity index (χ1v) is 13.6. The van der Waals surface area contributed by atoms with Crippen molar-refractivity contribution in [2.45, 2.75) is 65.1 Å². The van der Waals surface area contributed by atoms with Crippen molar-refractivity contribution in [2.75, 3.05) is 0 Å². The molecular formula is C26H26F6O4S2. The molecular weight excluding hydrogens is 554 g/mol. The summed E-state index contributed by atoms with van der Waals surface area (Å²) in [6, 6.07) is 29.9. The second-order valence-electron chi connectivity index (χ2n) is 9.05. The lowest BCUT2D eigenvalue weighted by molar-refractivity contribution is -0.273.